The first-order chi connectivity index (χ1) is 8.65. The second-order valence-corrected chi connectivity index (χ2v) is 5.00. The maximum atomic E-state index is 10.6. The van der Waals surface area contributed by atoms with Crippen molar-refractivity contribution in [2.45, 2.75) is 19.9 Å². The number of hydrogen-bond acceptors (Lipinski definition) is 5. The van der Waals surface area contributed by atoms with Crippen LogP contribution in [-0.2, 0) is 17.8 Å². The summed E-state index contributed by atoms with van der Waals surface area (Å²) in [5.74, 6) is -0.857. The van der Waals surface area contributed by atoms with E-state index in [4.69, 9.17) is 5.11 Å². The number of hydrogen-bond donors (Lipinski definition) is 2. The number of nitrogens with zero attached hydrogens (tertiary/aromatic N) is 2. The summed E-state index contributed by atoms with van der Waals surface area (Å²) in [4.78, 5) is 19.8. The molecule has 0 amide bonds. The zero-order valence-corrected chi connectivity index (χ0v) is 10.7. The molecule has 0 unspecified atom stereocenters. The topological polar surface area (TPSA) is 75.1 Å². The molecule has 0 fully saturated rings. The van der Waals surface area contributed by atoms with Gasteiger partial charge in [0, 0.05) is 23.8 Å². The molecule has 2 aromatic heterocycles. The highest BCUT2D eigenvalue weighted by Crippen LogP contribution is 2.22. The highest BCUT2D eigenvalue weighted by molar-refractivity contribution is 7.15. The van der Waals surface area contributed by atoms with E-state index in [-0.39, 0.29) is 6.42 Å². The first kappa shape index (κ1) is 12.5. The quantitative estimate of drug-likeness (QED) is 0.864. The summed E-state index contributed by atoms with van der Waals surface area (Å²) in [5, 5.41) is 12.7. The molecule has 6 heteroatoms. The lowest BCUT2D eigenvalue weighted by Crippen LogP contribution is -2.03. The Hall–Kier alpha value is -1.95. The monoisotopic (exact) mass is 263 g/mol. The highest BCUT2D eigenvalue weighted by atomic mass is 32.1. The van der Waals surface area contributed by atoms with Crippen LogP contribution in [0.1, 0.15) is 16.1 Å². The van der Waals surface area contributed by atoms with Crippen molar-refractivity contribution in [2.24, 2.45) is 0 Å². The maximum absolute atomic E-state index is 10.6. The van der Waals surface area contributed by atoms with Crippen LogP contribution < -0.4 is 5.32 Å². The predicted molar refractivity (Wildman–Crippen MR) is 69.8 cm³/mol. The van der Waals surface area contributed by atoms with Gasteiger partial charge in [-0.1, -0.05) is 0 Å². The van der Waals surface area contributed by atoms with E-state index in [0.29, 0.717) is 12.2 Å². The van der Waals surface area contributed by atoms with Gasteiger partial charge in [0.2, 0.25) is 0 Å². The summed E-state index contributed by atoms with van der Waals surface area (Å²) in [7, 11) is 0. The van der Waals surface area contributed by atoms with Crippen LogP contribution in [0.2, 0.25) is 0 Å². The minimum absolute atomic E-state index is 0.0285. The van der Waals surface area contributed by atoms with Crippen molar-refractivity contribution >= 4 is 22.4 Å². The Morgan fingerprint density at radius 3 is 2.83 bits per heavy atom. The lowest BCUT2D eigenvalue weighted by atomic mass is 10.3. The van der Waals surface area contributed by atoms with Crippen LogP contribution in [0.15, 0.2) is 24.5 Å². The molecular weight excluding hydrogens is 250 g/mol. The molecule has 2 N–H and O–H groups in total. The average Bonchev–Trinajstić information content (AvgIpc) is 2.68. The van der Waals surface area contributed by atoms with Crippen LogP contribution in [-0.4, -0.2) is 21.0 Å². The van der Waals surface area contributed by atoms with E-state index >= 15 is 0 Å². The molecule has 0 spiro atoms. The van der Waals surface area contributed by atoms with Crippen LogP contribution in [0.5, 0.6) is 0 Å². The molecular formula is C12H13N3O2S. The van der Waals surface area contributed by atoms with E-state index in [1.165, 1.54) is 11.3 Å². The molecule has 2 heterocycles. The minimum Gasteiger partial charge on any atom is -0.481 e. The van der Waals surface area contributed by atoms with Gasteiger partial charge in [-0.3, -0.25) is 9.78 Å². The number of aliphatic carboxylic acids is 1. The van der Waals surface area contributed by atoms with Crippen molar-refractivity contribution in [2.75, 3.05) is 5.32 Å². The Kier molecular flexibility index (Phi) is 3.88. The predicted octanol–water partition coefficient (Wildman–Crippen LogP) is 2.09. The molecule has 94 valence electrons. The third-order valence-electron chi connectivity index (χ3n) is 2.40. The van der Waals surface area contributed by atoms with Crippen LogP contribution in [0.25, 0.3) is 0 Å². The summed E-state index contributed by atoms with van der Waals surface area (Å²) < 4.78 is 0. The summed E-state index contributed by atoms with van der Waals surface area (Å²) >= 11 is 1.47. The number of carboxylic acid groups (broad SMARTS) is 1. The number of thiazole rings is 1. The number of pyridine rings is 1. The van der Waals surface area contributed by atoms with Crippen molar-refractivity contribution < 1.29 is 9.90 Å². The summed E-state index contributed by atoms with van der Waals surface area (Å²) in [6.07, 6.45) is 3.44. The second kappa shape index (κ2) is 5.59. The van der Waals surface area contributed by atoms with Crippen molar-refractivity contribution in [1.82, 2.24) is 9.97 Å². The Balaban J connectivity index is 2.00. The lowest BCUT2D eigenvalue weighted by Gasteiger charge is -2.01. The minimum atomic E-state index is -0.857. The third kappa shape index (κ3) is 3.27. The Morgan fingerprint density at radius 1 is 1.44 bits per heavy atom. The fourth-order valence-electron chi connectivity index (χ4n) is 1.49. The number of carbonyl (C=O) groups is 1. The van der Waals surface area contributed by atoms with Gasteiger partial charge in [-0.25, -0.2) is 4.98 Å². The van der Waals surface area contributed by atoms with Crippen molar-refractivity contribution in [1.29, 1.82) is 0 Å². The molecule has 0 aliphatic heterocycles. The second-order valence-electron chi connectivity index (χ2n) is 3.80. The molecule has 0 atom stereocenters. The van der Waals surface area contributed by atoms with Crippen molar-refractivity contribution in [3.8, 4) is 0 Å². The van der Waals surface area contributed by atoms with Gasteiger partial charge in [0.15, 0.2) is 5.13 Å². The molecule has 0 aromatic carbocycles. The largest absolute Gasteiger partial charge is 0.481 e. The molecule has 0 bridgehead atoms. The van der Waals surface area contributed by atoms with Gasteiger partial charge in [-0.2, -0.15) is 0 Å². The van der Waals surface area contributed by atoms with Gasteiger partial charge in [-0.15, -0.1) is 11.3 Å². The molecule has 0 saturated heterocycles. The SMILES string of the molecule is Cc1sc(NCc2ccncc2)nc1CC(=O)O. The van der Waals surface area contributed by atoms with E-state index < -0.39 is 5.97 Å². The van der Waals surface area contributed by atoms with Gasteiger partial charge >= 0.3 is 5.97 Å². The molecule has 18 heavy (non-hydrogen) atoms. The Morgan fingerprint density at radius 2 is 2.17 bits per heavy atom. The standard InChI is InChI=1S/C12H13N3O2S/c1-8-10(6-11(16)17)15-12(18-8)14-7-9-2-4-13-5-3-9/h2-5H,6-7H2,1H3,(H,14,15)(H,16,17). The maximum Gasteiger partial charge on any atom is 0.309 e. The van der Waals surface area contributed by atoms with E-state index in [9.17, 15) is 4.79 Å². The van der Waals surface area contributed by atoms with Gasteiger partial charge < -0.3 is 10.4 Å². The fourth-order valence-corrected chi connectivity index (χ4v) is 2.32. The smallest absolute Gasteiger partial charge is 0.309 e. The average molecular weight is 263 g/mol. The first-order valence-corrected chi connectivity index (χ1v) is 6.27. The van der Waals surface area contributed by atoms with Gasteiger partial charge in [0.25, 0.3) is 0 Å². The Labute approximate surface area is 109 Å². The molecule has 0 aliphatic carbocycles. The number of aryl methyl sites for hydroxylation is 1. The molecule has 2 aromatic rings. The number of carboxylic acids is 1. The van der Waals surface area contributed by atoms with E-state index in [0.717, 1.165) is 15.6 Å². The Bertz CT molecular complexity index is 540. The normalized spacial score (nSPS) is 10.3. The number of anilines is 1. The highest BCUT2D eigenvalue weighted by Gasteiger charge is 2.10. The lowest BCUT2D eigenvalue weighted by molar-refractivity contribution is -0.136. The molecule has 0 saturated carbocycles. The van der Waals surface area contributed by atoms with Crippen LogP contribution in [0, 0.1) is 6.92 Å². The summed E-state index contributed by atoms with van der Waals surface area (Å²) in [6, 6.07) is 3.84. The van der Waals surface area contributed by atoms with Crippen LogP contribution in [0.4, 0.5) is 5.13 Å². The van der Waals surface area contributed by atoms with Gasteiger partial charge in [0.05, 0.1) is 12.1 Å². The zero-order valence-electron chi connectivity index (χ0n) is 9.88. The van der Waals surface area contributed by atoms with Gasteiger partial charge in [0.1, 0.15) is 0 Å². The first-order valence-electron chi connectivity index (χ1n) is 5.46. The van der Waals surface area contributed by atoms with Crippen molar-refractivity contribution in [3.63, 3.8) is 0 Å². The van der Waals surface area contributed by atoms with Crippen LogP contribution in [0.3, 0.4) is 0 Å². The number of aromatic nitrogens is 2. The zero-order chi connectivity index (χ0) is 13.0. The number of rotatable bonds is 5. The number of nitrogens with one attached hydrogen (secondary N) is 1. The van der Waals surface area contributed by atoms with Crippen LogP contribution >= 0.6 is 11.3 Å². The van der Waals surface area contributed by atoms with E-state index in [2.05, 4.69) is 15.3 Å². The molecule has 0 aliphatic rings. The van der Waals surface area contributed by atoms with Crippen molar-refractivity contribution in [3.05, 3.63) is 40.7 Å². The summed E-state index contributed by atoms with van der Waals surface area (Å²) in [6.45, 7) is 2.54. The van der Waals surface area contributed by atoms with E-state index in [1.54, 1.807) is 12.4 Å². The molecule has 2 rings (SSSR count). The summed E-state index contributed by atoms with van der Waals surface area (Å²) in [5.41, 5.74) is 1.74. The molecule has 0 radical (unpaired) electrons. The van der Waals surface area contributed by atoms with E-state index in [1.807, 2.05) is 19.1 Å². The third-order valence-corrected chi connectivity index (χ3v) is 3.38. The fraction of sp³-hybridized carbons (Fsp3) is 0.250. The molecule has 5 nitrogen and oxygen atoms in total. The van der Waals surface area contributed by atoms with Gasteiger partial charge in [-0.05, 0) is 24.6 Å².